The van der Waals surface area contributed by atoms with E-state index in [1.807, 2.05) is 18.2 Å². The summed E-state index contributed by atoms with van der Waals surface area (Å²) >= 11 is 0. The van der Waals surface area contributed by atoms with Gasteiger partial charge in [0.1, 0.15) is 0 Å². The molecule has 0 aromatic heterocycles. The number of ketones is 2. The van der Waals surface area contributed by atoms with Gasteiger partial charge in [0.15, 0.2) is 0 Å². The van der Waals surface area contributed by atoms with Crippen molar-refractivity contribution in [1.82, 2.24) is 0 Å². The van der Waals surface area contributed by atoms with E-state index in [1.54, 1.807) is 0 Å². The predicted octanol–water partition coefficient (Wildman–Crippen LogP) is 2.19. The number of hydrogen-bond donors (Lipinski definition) is 0. The van der Waals surface area contributed by atoms with Gasteiger partial charge in [-0.05, 0) is 29.5 Å². The van der Waals surface area contributed by atoms with Crippen LogP contribution in [0.15, 0.2) is 18.2 Å². The van der Waals surface area contributed by atoms with Crippen LogP contribution in [0.1, 0.15) is 35.3 Å². The lowest BCUT2D eigenvalue weighted by molar-refractivity contribution is -0.114. The summed E-state index contributed by atoms with van der Waals surface area (Å²) in [7, 11) is 0. The molecule has 1 aromatic rings. The Balaban J connectivity index is 2.35. The van der Waals surface area contributed by atoms with Crippen LogP contribution >= 0.6 is 0 Å². The van der Waals surface area contributed by atoms with Gasteiger partial charge in [-0.3, -0.25) is 9.59 Å². The van der Waals surface area contributed by atoms with Gasteiger partial charge < -0.3 is 0 Å². The van der Waals surface area contributed by atoms with Gasteiger partial charge in [-0.1, -0.05) is 26.0 Å². The van der Waals surface area contributed by atoms with Gasteiger partial charge >= 0.3 is 0 Å². The Morgan fingerprint density at radius 3 is 2.67 bits per heavy atom. The van der Waals surface area contributed by atoms with E-state index < -0.39 is 0 Å². The number of rotatable bonds is 2. The van der Waals surface area contributed by atoms with E-state index in [9.17, 15) is 9.59 Å². The molecule has 0 amide bonds. The molecule has 0 saturated carbocycles. The summed E-state index contributed by atoms with van der Waals surface area (Å²) in [6.07, 6.45) is 1.24. The Morgan fingerprint density at radius 2 is 2.00 bits per heavy atom. The molecule has 15 heavy (non-hydrogen) atoms. The van der Waals surface area contributed by atoms with Crippen molar-refractivity contribution < 1.29 is 9.59 Å². The first-order chi connectivity index (χ1) is 7.08. The summed E-state index contributed by atoms with van der Waals surface area (Å²) in [6, 6.07) is 5.81. The van der Waals surface area contributed by atoms with Gasteiger partial charge in [-0.15, -0.1) is 0 Å². The maximum absolute atomic E-state index is 11.5. The zero-order valence-electron chi connectivity index (χ0n) is 9.04. The quantitative estimate of drug-likeness (QED) is 0.689. The molecule has 0 atom stereocenters. The predicted molar refractivity (Wildman–Crippen MR) is 58.0 cm³/mol. The van der Waals surface area contributed by atoms with E-state index >= 15 is 0 Å². The van der Waals surface area contributed by atoms with E-state index in [1.165, 1.54) is 0 Å². The third-order valence-electron chi connectivity index (χ3n) is 2.67. The average molecular weight is 202 g/mol. The van der Waals surface area contributed by atoms with Crippen LogP contribution in [0.2, 0.25) is 0 Å². The van der Waals surface area contributed by atoms with Gasteiger partial charge in [0, 0.05) is 12.0 Å². The maximum atomic E-state index is 11.5. The topological polar surface area (TPSA) is 34.1 Å². The Hall–Kier alpha value is -1.44. The first kappa shape index (κ1) is 10.1. The van der Waals surface area contributed by atoms with Crippen molar-refractivity contribution in [3.63, 3.8) is 0 Å². The van der Waals surface area contributed by atoms with Crippen LogP contribution in [0.3, 0.4) is 0 Å². The average Bonchev–Trinajstić information content (AvgIpc) is 2.43. The van der Waals surface area contributed by atoms with Crippen molar-refractivity contribution in [2.45, 2.75) is 26.7 Å². The summed E-state index contributed by atoms with van der Waals surface area (Å²) in [6.45, 7) is 4.28. The highest BCUT2D eigenvalue weighted by Gasteiger charge is 2.27. The largest absolute Gasteiger partial charge is 0.290 e. The number of Topliss-reactive ketones (excluding diaryl/α,β-unsaturated/α-hetero) is 2. The number of carbonyl (C=O) groups excluding carboxylic acids is 2. The molecule has 0 fully saturated rings. The SMILES string of the molecule is CC(C)Cc1ccc2c(c1)C(=O)C(=O)C2. The first-order valence-electron chi connectivity index (χ1n) is 5.27. The molecule has 0 unspecified atom stereocenters. The lowest BCUT2D eigenvalue weighted by Crippen LogP contribution is -2.06. The van der Waals surface area contributed by atoms with E-state index in [0.29, 0.717) is 11.5 Å². The lowest BCUT2D eigenvalue weighted by Gasteiger charge is -2.06. The molecule has 0 heterocycles. The number of fused-ring (bicyclic) bond motifs is 1. The Bertz CT molecular complexity index is 430. The molecule has 2 nitrogen and oxygen atoms in total. The van der Waals surface area contributed by atoms with Crippen LogP contribution in [0.5, 0.6) is 0 Å². The van der Waals surface area contributed by atoms with Crippen LogP contribution in [-0.4, -0.2) is 11.6 Å². The molecule has 78 valence electrons. The standard InChI is InChI=1S/C13H14O2/c1-8(2)5-9-3-4-10-7-12(14)13(15)11(10)6-9/h3-4,6,8H,5,7H2,1-2H3. The van der Waals surface area contributed by atoms with Crippen molar-refractivity contribution in [3.8, 4) is 0 Å². The molecule has 1 aromatic carbocycles. The monoisotopic (exact) mass is 202 g/mol. The smallest absolute Gasteiger partial charge is 0.229 e. The highest BCUT2D eigenvalue weighted by molar-refractivity contribution is 6.47. The van der Waals surface area contributed by atoms with E-state index in [4.69, 9.17) is 0 Å². The molecule has 2 rings (SSSR count). The first-order valence-corrected chi connectivity index (χ1v) is 5.27. The highest BCUT2D eigenvalue weighted by Crippen LogP contribution is 2.22. The third-order valence-corrected chi connectivity index (χ3v) is 2.67. The maximum Gasteiger partial charge on any atom is 0.229 e. The Kier molecular flexibility index (Phi) is 2.43. The normalized spacial score (nSPS) is 14.9. The van der Waals surface area contributed by atoms with Gasteiger partial charge in [0.05, 0.1) is 0 Å². The molecule has 0 saturated heterocycles. The number of carbonyl (C=O) groups is 2. The summed E-state index contributed by atoms with van der Waals surface area (Å²) < 4.78 is 0. The van der Waals surface area contributed by atoms with Crippen molar-refractivity contribution in [2.75, 3.05) is 0 Å². The number of benzene rings is 1. The highest BCUT2D eigenvalue weighted by atomic mass is 16.2. The van der Waals surface area contributed by atoms with Gasteiger partial charge in [-0.25, -0.2) is 0 Å². The molecule has 0 aliphatic heterocycles. The number of hydrogen-bond acceptors (Lipinski definition) is 2. The molecule has 1 aliphatic rings. The minimum absolute atomic E-state index is 0.272. The second-order valence-corrected chi connectivity index (χ2v) is 4.52. The van der Waals surface area contributed by atoms with E-state index in [0.717, 1.165) is 17.5 Å². The second kappa shape index (κ2) is 3.61. The fourth-order valence-electron chi connectivity index (χ4n) is 1.99. The molecule has 0 bridgehead atoms. The van der Waals surface area contributed by atoms with Crippen molar-refractivity contribution >= 4 is 11.6 Å². The second-order valence-electron chi connectivity index (χ2n) is 4.52. The van der Waals surface area contributed by atoms with Crippen LogP contribution in [0, 0.1) is 5.92 Å². The van der Waals surface area contributed by atoms with E-state index in [2.05, 4.69) is 13.8 Å². The summed E-state index contributed by atoms with van der Waals surface area (Å²) in [5, 5.41) is 0. The fraction of sp³-hybridized carbons (Fsp3) is 0.385. The summed E-state index contributed by atoms with van der Waals surface area (Å²) in [4.78, 5) is 22.7. The molecular weight excluding hydrogens is 188 g/mol. The summed E-state index contributed by atoms with van der Waals surface area (Å²) in [5.74, 6) is -0.0161. The van der Waals surface area contributed by atoms with Crippen molar-refractivity contribution in [2.24, 2.45) is 5.92 Å². The summed E-state index contributed by atoms with van der Waals surface area (Å²) in [5.41, 5.74) is 2.66. The van der Waals surface area contributed by atoms with Gasteiger partial charge in [0.2, 0.25) is 11.6 Å². The third kappa shape index (κ3) is 1.84. The molecule has 1 aliphatic carbocycles. The zero-order valence-corrected chi connectivity index (χ0v) is 9.04. The zero-order chi connectivity index (χ0) is 11.0. The van der Waals surface area contributed by atoms with Crippen LogP contribution in [0.25, 0.3) is 0 Å². The minimum Gasteiger partial charge on any atom is -0.290 e. The molecule has 0 spiro atoms. The lowest BCUT2D eigenvalue weighted by atomic mass is 9.99. The van der Waals surface area contributed by atoms with Gasteiger partial charge in [0.25, 0.3) is 0 Å². The van der Waals surface area contributed by atoms with Crippen LogP contribution in [-0.2, 0) is 17.6 Å². The molecule has 0 radical (unpaired) electrons. The Labute approximate surface area is 89.3 Å². The van der Waals surface area contributed by atoms with Crippen molar-refractivity contribution in [1.29, 1.82) is 0 Å². The van der Waals surface area contributed by atoms with Crippen molar-refractivity contribution in [3.05, 3.63) is 34.9 Å². The van der Waals surface area contributed by atoms with Crippen LogP contribution in [0.4, 0.5) is 0 Å². The van der Waals surface area contributed by atoms with Gasteiger partial charge in [-0.2, -0.15) is 0 Å². The minimum atomic E-state index is -0.310. The molecular formula is C13H14O2. The molecule has 0 N–H and O–H groups in total. The Morgan fingerprint density at radius 1 is 1.27 bits per heavy atom. The van der Waals surface area contributed by atoms with Crippen LogP contribution < -0.4 is 0 Å². The fourth-order valence-corrected chi connectivity index (χ4v) is 1.99. The molecule has 2 heteroatoms. The van der Waals surface area contributed by atoms with E-state index in [-0.39, 0.29) is 18.0 Å².